The van der Waals surface area contributed by atoms with Gasteiger partial charge in [0.25, 0.3) is 15.9 Å². The monoisotopic (exact) mass is 489 g/mol. The summed E-state index contributed by atoms with van der Waals surface area (Å²) in [7, 11) is -4.01. The van der Waals surface area contributed by atoms with Crippen molar-refractivity contribution in [3.63, 3.8) is 0 Å². The zero-order valence-corrected chi connectivity index (χ0v) is 19.4. The summed E-state index contributed by atoms with van der Waals surface area (Å²) in [5, 5.41) is 2.48. The average molecular weight is 490 g/mol. The first-order chi connectivity index (χ1) is 15.6. The molecule has 0 fully saturated rings. The predicted octanol–water partition coefficient (Wildman–Crippen LogP) is 4.35. The quantitative estimate of drug-likeness (QED) is 0.514. The molecule has 10 heteroatoms. The van der Waals surface area contributed by atoms with Crippen LogP contribution in [0, 0.1) is 12.7 Å². The fourth-order valence-corrected chi connectivity index (χ4v) is 4.90. The zero-order valence-electron chi connectivity index (χ0n) is 17.8. The van der Waals surface area contributed by atoms with Crippen LogP contribution in [-0.4, -0.2) is 26.8 Å². The second-order valence-corrected chi connectivity index (χ2v) is 9.37. The first kappa shape index (κ1) is 24.2. The van der Waals surface area contributed by atoms with Gasteiger partial charge in [-0.05, 0) is 56.3 Å². The molecule has 7 nitrogen and oxygen atoms in total. The van der Waals surface area contributed by atoms with Gasteiger partial charge in [0.15, 0.2) is 0 Å². The number of nitrogens with one attached hydrogen (secondary N) is 1. The minimum atomic E-state index is -4.01. The lowest BCUT2D eigenvalue weighted by Gasteiger charge is -2.23. The Kier molecular flexibility index (Phi) is 7.04. The smallest absolute Gasteiger partial charge is 0.264 e. The van der Waals surface area contributed by atoms with E-state index in [4.69, 9.17) is 17.3 Å². The summed E-state index contributed by atoms with van der Waals surface area (Å²) in [6.07, 6.45) is 0. The van der Waals surface area contributed by atoms with Gasteiger partial charge in [0.05, 0.1) is 21.2 Å². The molecule has 0 heterocycles. The Labute approximate surface area is 196 Å². The number of benzene rings is 3. The molecule has 0 aromatic heterocycles. The lowest BCUT2D eigenvalue weighted by molar-refractivity contribution is 0.0995. The van der Waals surface area contributed by atoms with Crippen LogP contribution < -0.4 is 15.4 Å². The molecule has 0 saturated heterocycles. The minimum absolute atomic E-state index is 0.00149. The maximum Gasteiger partial charge on any atom is 0.264 e. The number of anilines is 2. The topological polar surface area (TPSA) is 110 Å². The molecule has 0 aliphatic rings. The number of sulfonamides is 1. The highest BCUT2D eigenvalue weighted by atomic mass is 35.5. The van der Waals surface area contributed by atoms with Crippen LogP contribution in [0.15, 0.2) is 65.6 Å². The number of para-hydroxylation sites is 1. The van der Waals surface area contributed by atoms with E-state index in [1.165, 1.54) is 29.4 Å². The van der Waals surface area contributed by atoms with Crippen molar-refractivity contribution in [3.05, 3.63) is 88.2 Å². The van der Waals surface area contributed by atoms with Gasteiger partial charge in [0.2, 0.25) is 5.91 Å². The van der Waals surface area contributed by atoms with Crippen molar-refractivity contribution in [3.8, 4) is 0 Å². The van der Waals surface area contributed by atoms with Crippen molar-refractivity contribution in [2.75, 3.05) is 16.2 Å². The predicted molar refractivity (Wildman–Crippen MR) is 126 cm³/mol. The van der Waals surface area contributed by atoms with E-state index in [2.05, 4.69) is 5.32 Å². The van der Waals surface area contributed by atoms with Crippen LogP contribution in [0.4, 0.5) is 15.8 Å². The van der Waals surface area contributed by atoms with Gasteiger partial charge in [0.1, 0.15) is 5.82 Å². The van der Waals surface area contributed by atoms with Crippen LogP contribution in [0.25, 0.3) is 0 Å². The SMILES string of the molecule is CCN(c1ccccc1)S(=O)(=O)c1ccc(Cl)c(C(=O)Nc2cc(C(N)=O)cc(F)c2C)c1. The number of nitrogens with zero attached hydrogens (tertiary/aromatic N) is 1. The van der Waals surface area contributed by atoms with Gasteiger partial charge in [-0.1, -0.05) is 29.8 Å². The van der Waals surface area contributed by atoms with Crippen molar-refractivity contribution < 1.29 is 22.4 Å². The number of carbonyl (C=O) groups is 2. The number of primary amides is 1. The van der Waals surface area contributed by atoms with Gasteiger partial charge >= 0.3 is 0 Å². The third kappa shape index (κ3) is 4.99. The van der Waals surface area contributed by atoms with E-state index in [0.717, 1.165) is 12.1 Å². The summed E-state index contributed by atoms with van der Waals surface area (Å²) >= 11 is 6.17. The molecule has 0 aliphatic heterocycles. The normalized spacial score (nSPS) is 11.2. The van der Waals surface area contributed by atoms with Gasteiger partial charge in [0, 0.05) is 23.4 Å². The van der Waals surface area contributed by atoms with Crippen LogP contribution in [0.3, 0.4) is 0 Å². The minimum Gasteiger partial charge on any atom is -0.366 e. The molecule has 3 N–H and O–H groups in total. The van der Waals surface area contributed by atoms with Gasteiger partial charge in [-0.15, -0.1) is 0 Å². The molecular formula is C23H21ClFN3O4S. The number of nitrogens with two attached hydrogens (primary N) is 1. The van der Waals surface area contributed by atoms with Crippen LogP contribution >= 0.6 is 11.6 Å². The second kappa shape index (κ2) is 9.60. The van der Waals surface area contributed by atoms with Gasteiger partial charge in [-0.3, -0.25) is 13.9 Å². The molecule has 2 amide bonds. The highest BCUT2D eigenvalue weighted by Crippen LogP contribution is 2.28. The Morgan fingerprint density at radius 1 is 1.09 bits per heavy atom. The Morgan fingerprint density at radius 3 is 2.36 bits per heavy atom. The van der Waals surface area contributed by atoms with Crippen molar-refractivity contribution >= 4 is 44.8 Å². The van der Waals surface area contributed by atoms with Crippen molar-refractivity contribution in [2.45, 2.75) is 18.7 Å². The Hall–Kier alpha value is -3.43. The van der Waals surface area contributed by atoms with Crippen LogP contribution in [0.5, 0.6) is 0 Å². The largest absolute Gasteiger partial charge is 0.366 e. The van der Waals surface area contributed by atoms with E-state index < -0.39 is 27.7 Å². The van der Waals surface area contributed by atoms with Crippen molar-refractivity contribution in [2.24, 2.45) is 5.73 Å². The number of rotatable bonds is 7. The summed E-state index contributed by atoms with van der Waals surface area (Å²) in [5.74, 6) is -2.37. The summed E-state index contributed by atoms with van der Waals surface area (Å²) in [4.78, 5) is 24.2. The molecule has 3 aromatic carbocycles. The molecule has 0 aliphatic carbocycles. The number of hydrogen-bond donors (Lipinski definition) is 2. The molecule has 0 saturated carbocycles. The molecule has 3 aromatic rings. The van der Waals surface area contributed by atoms with Crippen molar-refractivity contribution in [1.29, 1.82) is 0 Å². The number of halogens is 2. The van der Waals surface area contributed by atoms with E-state index in [1.54, 1.807) is 37.3 Å². The number of amides is 2. The zero-order chi connectivity index (χ0) is 24.3. The summed E-state index contributed by atoms with van der Waals surface area (Å²) < 4.78 is 41.9. The molecule has 0 unspecified atom stereocenters. The molecule has 0 atom stereocenters. The Bertz CT molecular complexity index is 1330. The van der Waals surface area contributed by atoms with Crippen LogP contribution in [0.1, 0.15) is 33.2 Å². The van der Waals surface area contributed by atoms with Gasteiger partial charge in [-0.2, -0.15) is 0 Å². The molecular weight excluding hydrogens is 469 g/mol. The number of carbonyl (C=O) groups excluding carboxylic acids is 2. The van der Waals surface area contributed by atoms with Crippen molar-refractivity contribution in [1.82, 2.24) is 0 Å². The lowest BCUT2D eigenvalue weighted by Crippen LogP contribution is -2.31. The highest BCUT2D eigenvalue weighted by molar-refractivity contribution is 7.92. The van der Waals surface area contributed by atoms with E-state index in [1.807, 2.05) is 0 Å². The summed E-state index contributed by atoms with van der Waals surface area (Å²) in [5.41, 5.74) is 5.51. The highest BCUT2D eigenvalue weighted by Gasteiger charge is 2.26. The molecule has 0 bridgehead atoms. The summed E-state index contributed by atoms with van der Waals surface area (Å²) in [6, 6.07) is 14.5. The molecule has 172 valence electrons. The average Bonchev–Trinajstić information content (AvgIpc) is 2.77. The lowest BCUT2D eigenvalue weighted by atomic mass is 10.1. The maximum atomic E-state index is 14.2. The first-order valence-electron chi connectivity index (χ1n) is 9.85. The third-order valence-electron chi connectivity index (χ3n) is 4.98. The van der Waals surface area contributed by atoms with Crippen LogP contribution in [0.2, 0.25) is 5.02 Å². The third-order valence-corrected chi connectivity index (χ3v) is 7.21. The first-order valence-corrected chi connectivity index (χ1v) is 11.7. The standard InChI is InChI=1S/C23H21ClFN3O4S/c1-3-28(16-7-5-4-6-8-16)33(31,32)17-9-10-19(24)18(13-17)23(30)27-21-12-15(22(26)29)11-20(25)14(21)2/h4-13H,3H2,1-2H3,(H2,26,29)(H,27,30). The Balaban J connectivity index is 2.00. The fourth-order valence-electron chi connectivity index (χ4n) is 3.19. The Morgan fingerprint density at radius 2 is 1.76 bits per heavy atom. The molecule has 33 heavy (non-hydrogen) atoms. The second-order valence-electron chi connectivity index (χ2n) is 7.10. The van der Waals surface area contributed by atoms with E-state index in [0.29, 0.717) is 5.69 Å². The van der Waals surface area contributed by atoms with Crippen LogP contribution in [-0.2, 0) is 10.0 Å². The molecule has 0 spiro atoms. The van der Waals surface area contributed by atoms with Gasteiger partial charge in [-0.25, -0.2) is 12.8 Å². The summed E-state index contributed by atoms with van der Waals surface area (Å²) in [6.45, 7) is 3.27. The van der Waals surface area contributed by atoms with Gasteiger partial charge < -0.3 is 11.1 Å². The van der Waals surface area contributed by atoms with E-state index in [-0.39, 0.29) is 38.8 Å². The van der Waals surface area contributed by atoms with E-state index in [9.17, 15) is 22.4 Å². The molecule has 3 rings (SSSR count). The fraction of sp³-hybridized carbons (Fsp3) is 0.130. The van der Waals surface area contributed by atoms with E-state index >= 15 is 0 Å². The maximum absolute atomic E-state index is 14.2. The molecule has 0 radical (unpaired) electrons. The number of hydrogen-bond acceptors (Lipinski definition) is 4.